The van der Waals surface area contributed by atoms with Gasteiger partial charge < -0.3 is 24.4 Å². The number of rotatable bonds is 11. The second-order valence-corrected chi connectivity index (χ2v) is 3.12. The molecule has 1 unspecified atom stereocenters. The van der Waals surface area contributed by atoms with Gasteiger partial charge >= 0.3 is 0 Å². The molecule has 0 saturated carbocycles. The molecule has 16 heavy (non-hydrogen) atoms. The number of allylic oxidation sites excluding steroid dienone is 1. The fraction of sp³-hybridized carbons (Fsp3) is 0.818. The third-order valence-corrected chi connectivity index (χ3v) is 1.68. The molecule has 1 atom stereocenters. The van der Waals surface area contributed by atoms with Crippen LogP contribution in [0.15, 0.2) is 12.2 Å². The maximum absolute atomic E-state index is 9.25. The van der Waals surface area contributed by atoms with E-state index < -0.39 is 6.10 Å². The van der Waals surface area contributed by atoms with E-state index in [-0.39, 0.29) is 13.2 Å². The zero-order valence-electron chi connectivity index (χ0n) is 9.80. The number of ether oxygens (including phenoxy) is 3. The number of hydrogen-bond acceptors (Lipinski definition) is 5. The second-order valence-electron chi connectivity index (χ2n) is 3.12. The Labute approximate surface area is 96.6 Å². The molecule has 0 radical (unpaired) electrons. The van der Waals surface area contributed by atoms with Gasteiger partial charge in [0.2, 0.25) is 0 Å². The fourth-order valence-corrected chi connectivity index (χ4v) is 0.986. The van der Waals surface area contributed by atoms with E-state index in [4.69, 9.17) is 19.3 Å². The van der Waals surface area contributed by atoms with E-state index in [9.17, 15) is 5.11 Å². The van der Waals surface area contributed by atoms with Crippen LogP contribution in [0.3, 0.4) is 0 Å². The first-order chi connectivity index (χ1) is 7.81. The van der Waals surface area contributed by atoms with Crippen LogP contribution in [0.4, 0.5) is 0 Å². The summed E-state index contributed by atoms with van der Waals surface area (Å²) in [5.41, 5.74) is 0. The van der Waals surface area contributed by atoms with Crippen LogP contribution in [0.2, 0.25) is 0 Å². The molecule has 0 bridgehead atoms. The van der Waals surface area contributed by atoms with Gasteiger partial charge in [-0.1, -0.05) is 12.2 Å². The SMILES string of the molecule is CC=CC(O)COCCOCCOCCO. The Kier molecular flexibility index (Phi) is 12.2. The standard InChI is InChI=1S/C11H22O5/c1-2-3-11(13)10-16-9-8-15-7-6-14-5-4-12/h2-3,11-13H,4-10H2,1H3. The van der Waals surface area contributed by atoms with E-state index in [1.54, 1.807) is 12.2 Å². The summed E-state index contributed by atoms with van der Waals surface area (Å²) < 4.78 is 15.4. The van der Waals surface area contributed by atoms with Gasteiger partial charge in [0, 0.05) is 0 Å². The largest absolute Gasteiger partial charge is 0.394 e. The van der Waals surface area contributed by atoms with Crippen molar-refractivity contribution in [3.8, 4) is 0 Å². The monoisotopic (exact) mass is 234 g/mol. The topological polar surface area (TPSA) is 68.2 Å². The van der Waals surface area contributed by atoms with E-state index >= 15 is 0 Å². The van der Waals surface area contributed by atoms with Crippen LogP contribution < -0.4 is 0 Å². The molecule has 0 aliphatic heterocycles. The predicted octanol–water partition coefficient (Wildman–Crippen LogP) is -0.0345. The highest BCUT2D eigenvalue weighted by Crippen LogP contribution is 1.88. The lowest BCUT2D eigenvalue weighted by molar-refractivity contribution is -0.00522. The Balaban J connectivity index is 3.04. The minimum Gasteiger partial charge on any atom is -0.394 e. The highest BCUT2D eigenvalue weighted by molar-refractivity contribution is 4.84. The van der Waals surface area contributed by atoms with Crippen molar-refractivity contribution in [1.82, 2.24) is 0 Å². The second kappa shape index (κ2) is 12.6. The summed E-state index contributed by atoms with van der Waals surface area (Å²) in [6, 6.07) is 0. The van der Waals surface area contributed by atoms with Gasteiger partial charge in [-0.2, -0.15) is 0 Å². The average Bonchev–Trinajstić information content (AvgIpc) is 2.27. The van der Waals surface area contributed by atoms with Crippen LogP contribution in [-0.4, -0.2) is 62.6 Å². The Bertz CT molecular complexity index is 160. The highest BCUT2D eigenvalue weighted by Gasteiger charge is 1.97. The van der Waals surface area contributed by atoms with Crippen LogP contribution in [0.1, 0.15) is 6.92 Å². The van der Waals surface area contributed by atoms with Gasteiger partial charge in [0.1, 0.15) is 0 Å². The van der Waals surface area contributed by atoms with Gasteiger partial charge in [0.15, 0.2) is 0 Å². The minimum atomic E-state index is -0.544. The molecular formula is C11H22O5. The van der Waals surface area contributed by atoms with E-state index in [2.05, 4.69) is 0 Å². The van der Waals surface area contributed by atoms with Crippen molar-refractivity contribution in [3.63, 3.8) is 0 Å². The molecule has 0 aromatic rings. The summed E-state index contributed by atoms with van der Waals surface area (Å²) in [7, 11) is 0. The molecule has 0 aromatic heterocycles. The van der Waals surface area contributed by atoms with Crippen molar-refractivity contribution in [1.29, 1.82) is 0 Å². The third kappa shape index (κ3) is 11.6. The first kappa shape index (κ1) is 15.5. The lowest BCUT2D eigenvalue weighted by Crippen LogP contribution is -2.16. The molecule has 0 spiro atoms. The van der Waals surface area contributed by atoms with Crippen LogP contribution in [0.25, 0.3) is 0 Å². The quantitative estimate of drug-likeness (QED) is 0.388. The molecule has 2 N–H and O–H groups in total. The average molecular weight is 234 g/mol. The maximum atomic E-state index is 9.25. The molecule has 0 fully saturated rings. The molecule has 0 rings (SSSR count). The lowest BCUT2D eigenvalue weighted by atomic mass is 10.3. The van der Waals surface area contributed by atoms with Crippen molar-refractivity contribution in [3.05, 3.63) is 12.2 Å². The first-order valence-corrected chi connectivity index (χ1v) is 5.46. The van der Waals surface area contributed by atoms with Gasteiger partial charge in [-0.15, -0.1) is 0 Å². The summed E-state index contributed by atoms with van der Waals surface area (Å²) in [5, 5.41) is 17.7. The number of aliphatic hydroxyl groups excluding tert-OH is 2. The van der Waals surface area contributed by atoms with Crippen molar-refractivity contribution >= 4 is 0 Å². The minimum absolute atomic E-state index is 0.0337. The summed E-state index contributed by atoms with van der Waals surface area (Å²) in [4.78, 5) is 0. The Morgan fingerprint density at radius 2 is 1.56 bits per heavy atom. The van der Waals surface area contributed by atoms with Crippen molar-refractivity contribution in [2.75, 3.05) is 46.2 Å². The lowest BCUT2D eigenvalue weighted by Gasteiger charge is -2.08. The summed E-state index contributed by atoms with van der Waals surface area (Å²) in [6.07, 6.45) is 2.91. The fourth-order valence-electron chi connectivity index (χ4n) is 0.986. The molecule has 0 aromatic carbocycles. The third-order valence-electron chi connectivity index (χ3n) is 1.68. The molecule has 0 amide bonds. The van der Waals surface area contributed by atoms with E-state index in [1.807, 2.05) is 6.92 Å². The van der Waals surface area contributed by atoms with Gasteiger partial charge in [0.05, 0.1) is 52.4 Å². The summed E-state index contributed by atoms with van der Waals surface area (Å²) in [5.74, 6) is 0. The maximum Gasteiger partial charge on any atom is 0.0954 e. The molecule has 5 nitrogen and oxygen atoms in total. The number of hydrogen-bond donors (Lipinski definition) is 2. The first-order valence-electron chi connectivity index (χ1n) is 5.46. The molecular weight excluding hydrogens is 212 g/mol. The Morgan fingerprint density at radius 1 is 1.00 bits per heavy atom. The zero-order chi connectivity index (χ0) is 12.1. The Hall–Kier alpha value is -0.460. The smallest absolute Gasteiger partial charge is 0.0954 e. The number of aliphatic hydroxyl groups is 2. The van der Waals surface area contributed by atoms with Gasteiger partial charge in [-0.3, -0.25) is 0 Å². The Morgan fingerprint density at radius 3 is 2.12 bits per heavy atom. The van der Waals surface area contributed by atoms with Gasteiger partial charge in [-0.05, 0) is 6.92 Å². The van der Waals surface area contributed by atoms with Crippen molar-refractivity contribution in [2.24, 2.45) is 0 Å². The van der Waals surface area contributed by atoms with Crippen LogP contribution >= 0.6 is 0 Å². The highest BCUT2D eigenvalue weighted by atomic mass is 16.5. The van der Waals surface area contributed by atoms with Crippen molar-refractivity contribution in [2.45, 2.75) is 13.0 Å². The van der Waals surface area contributed by atoms with Crippen molar-refractivity contribution < 1.29 is 24.4 Å². The molecule has 0 heterocycles. The van der Waals surface area contributed by atoms with Crippen LogP contribution in [0, 0.1) is 0 Å². The summed E-state index contributed by atoms with van der Waals surface area (Å²) >= 11 is 0. The molecule has 5 heteroatoms. The van der Waals surface area contributed by atoms with Gasteiger partial charge in [0.25, 0.3) is 0 Å². The molecule has 96 valence electrons. The van der Waals surface area contributed by atoms with E-state index in [0.717, 1.165) is 0 Å². The van der Waals surface area contributed by atoms with Crippen LogP contribution in [0.5, 0.6) is 0 Å². The van der Waals surface area contributed by atoms with Crippen LogP contribution in [-0.2, 0) is 14.2 Å². The zero-order valence-corrected chi connectivity index (χ0v) is 9.80. The van der Waals surface area contributed by atoms with E-state index in [0.29, 0.717) is 33.0 Å². The van der Waals surface area contributed by atoms with Gasteiger partial charge in [-0.25, -0.2) is 0 Å². The predicted molar refractivity (Wildman–Crippen MR) is 60.4 cm³/mol. The molecule has 0 aliphatic carbocycles. The normalized spacial score (nSPS) is 13.4. The molecule has 0 aliphatic rings. The molecule has 0 saturated heterocycles. The summed E-state index contributed by atoms with van der Waals surface area (Å²) in [6.45, 7) is 4.40. The van der Waals surface area contributed by atoms with E-state index in [1.165, 1.54) is 0 Å².